The number of nitrogens with one attached hydrogen (secondary N) is 1. The maximum atomic E-state index is 11.6. The van der Waals surface area contributed by atoms with Crippen LogP contribution >= 0.6 is 0 Å². The molecule has 5 nitrogen and oxygen atoms in total. The highest BCUT2D eigenvalue weighted by Gasteiger charge is 2.22. The Hall–Kier alpha value is -1.36. The van der Waals surface area contributed by atoms with E-state index >= 15 is 0 Å². The summed E-state index contributed by atoms with van der Waals surface area (Å²) in [5.41, 5.74) is 5.48. The van der Waals surface area contributed by atoms with Gasteiger partial charge in [0, 0.05) is 12.7 Å². The van der Waals surface area contributed by atoms with E-state index in [-0.39, 0.29) is 5.91 Å². The van der Waals surface area contributed by atoms with E-state index in [1.165, 1.54) is 0 Å². The molecule has 0 saturated carbocycles. The van der Waals surface area contributed by atoms with Gasteiger partial charge in [0.05, 0.1) is 17.4 Å². The molecule has 1 heterocycles. The second-order valence-corrected chi connectivity index (χ2v) is 5.02. The molecule has 90 valence electrons. The maximum Gasteiger partial charge on any atom is 0.243 e. The number of aromatic nitrogens is 2. The molecule has 5 heteroatoms. The van der Waals surface area contributed by atoms with E-state index in [9.17, 15) is 4.79 Å². The van der Waals surface area contributed by atoms with Crippen LogP contribution in [0.4, 0.5) is 5.69 Å². The largest absolute Gasteiger partial charge is 0.322 e. The Morgan fingerprint density at radius 3 is 2.75 bits per heavy atom. The van der Waals surface area contributed by atoms with Crippen molar-refractivity contribution in [2.75, 3.05) is 5.32 Å². The lowest BCUT2D eigenvalue weighted by molar-refractivity contribution is -0.120. The molecule has 0 saturated heterocycles. The fourth-order valence-electron chi connectivity index (χ4n) is 1.19. The van der Waals surface area contributed by atoms with Crippen molar-refractivity contribution in [1.29, 1.82) is 0 Å². The second kappa shape index (κ2) is 4.65. The summed E-state index contributed by atoms with van der Waals surface area (Å²) in [6.45, 7) is 8.40. The van der Waals surface area contributed by atoms with Crippen LogP contribution in [0.5, 0.6) is 0 Å². The minimum absolute atomic E-state index is 0.211. The summed E-state index contributed by atoms with van der Waals surface area (Å²) < 4.78 is 1.81. The number of hydrogen-bond donors (Lipinski definition) is 2. The van der Waals surface area contributed by atoms with Gasteiger partial charge in [-0.05, 0) is 19.8 Å². The molecule has 1 aromatic heterocycles. The van der Waals surface area contributed by atoms with Gasteiger partial charge in [-0.15, -0.1) is 0 Å². The Balaban J connectivity index is 2.62. The van der Waals surface area contributed by atoms with Crippen molar-refractivity contribution in [3.63, 3.8) is 0 Å². The number of hydrogen-bond acceptors (Lipinski definition) is 3. The molecule has 1 amide bonds. The van der Waals surface area contributed by atoms with Gasteiger partial charge in [0.1, 0.15) is 0 Å². The van der Waals surface area contributed by atoms with Crippen LogP contribution in [-0.2, 0) is 11.3 Å². The van der Waals surface area contributed by atoms with Gasteiger partial charge in [0.2, 0.25) is 5.91 Å². The number of nitrogens with zero attached hydrogens (tertiary/aromatic N) is 2. The Morgan fingerprint density at radius 1 is 1.62 bits per heavy atom. The lowest BCUT2D eigenvalue weighted by atomic mass is 10.1. The van der Waals surface area contributed by atoms with Gasteiger partial charge in [0.25, 0.3) is 0 Å². The third kappa shape index (κ3) is 3.66. The molecule has 3 N–H and O–H groups in total. The Morgan fingerprint density at radius 2 is 2.25 bits per heavy atom. The van der Waals surface area contributed by atoms with E-state index in [0.29, 0.717) is 11.6 Å². The van der Waals surface area contributed by atoms with Crippen molar-refractivity contribution >= 4 is 11.6 Å². The predicted molar refractivity (Wildman–Crippen MR) is 64.0 cm³/mol. The highest BCUT2D eigenvalue weighted by atomic mass is 16.2. The fraction of sp³-hybridized carbons (Fsp3) is 0.636. The second-order valence-electron chi connectivity index (χ2n) is 5.02. The summed E-state index contributed by atoms with van der Waals surface area (Å²) >= 11 is 0. The van der Waals surface area contributed by atoms with Crippen molar-refractivity contribution in [2.45, 2.75) is 39.8 Å². The first-order valence-electron chi connectivity index (χ1n) is 5.42. The van der Waals surface area contributed by atoms with Crippen LogP contribution in [0.2, 0.25) is 0 Å². The first-order valence-corrected chi connectivity index (χ1v) is 5.42. The van der Waals surface area contributed by atoms with Crippen LogP contribution in [0, 0.1) is 5.92 Å². The lowest BCUT2D eigenvalue weighted by Gasteiger charge is -2.16. The van der Waals surface area contributed by atoms with Crippen LogP contribution in [0.1, 0.15) is 27.7 Å². The maximum absolute atomic E-state index is 11.6. The molecule has 0 bridgehead atoms. The zero-order chi connectivity index (χ0) is 12.3. The van der Waals surface area contributed by atoms with E-state index in [1.54, 1.807) is 20.0 Å². The quantitative estimate of drug-likeness (QED) is 0.807. The Labute approximate surface area is 96.0 Å². The standard InChI is InChI=1S/C11H20N4O/c1-8(2)6-15-7-9(5-13-15)14-10(16)11(3,4)12/h5,7-8H,6,12H2,1-4H3,(H,14,16). The zero-order valence-corrected chi connectivity index (χ0v) is 10.3. The van der Waals surface area contributed by atoms with Gasteiger partial charge in [0.15, 0.2) is 0 Å². The summed E-state index contributed by atoms with van der Waals surface area (Å²) in [5.74, 6) is 0.311. The summed E-state index contributed by atoms with van der Waals surface area (Å²) in [6.07, 6.45) is 3.44. The summed E-state index contributed by atoms with van der Waals surface area (Å²) in [6, 6.07) is 0. The Kier molecular flexibility index (Phi) is 3.70. The fourth-order valence-corrected chi connectivity index (χ4v) is 1.19. The van der Waals surface area contributed by atoms with E-state index in [2.05, 4.69) is 24.3 Å². The monoisotopic (exact) mass is 224 g/mol. The topological polar surface area (TPSA) is 72.9 Å². The number of nitrogens with two attached hydrogens (primary N) is 1. The molecule has 0 aliphatic carbocycles. The predicted octanol–water partition coefficient (Wildman–Crippen LogP) is 1.21. The van der Waals surface area contributed by atoms with Gasteiger partial charge in [-0.3, -0.25) is 9.48 Å². The molecule has 0 aliphatic heterocycles. The van der Waals surface area contributed by atoms with Crippen LogP contribution < -0.4 is 11.1 Å². The number of rotatable bonds is 4. The smallest absolute Gasteiger partial charge is 0.243 e. The average Bonchev–Trinajstić information content (AvgIpc) is 2.49. The summed E-state index contributed by atoms with van der Waals surface area (Å²) in [5, 5.41) is 6.88. The SMILES string of the molecule is CC(C)Cn1cc(NC(=O)C(C)(C)N)cn1. The van der Waals surface area contributed by atoms with Crippen LogP contribution in [0.15, 0.2) is 12.4 Å². The minimum Gasteiger partial charge on any atom is -0.322 e. The number of anilines is 1. The van der Waals surface area contributed by atoms with Crippen LogP contribution in [0.25, 0.3) is 0 Å². The molecular weight excluding hydrogens is 204 g/mol. The van der Waals surface area contributed by atoms with E-state index < -0.39 is 5.54 Å². The highest BCUT2D eigenvalue weighted by Crippen LogP contribution is 2.09. The number of carbonyl (C=O) groups excluding carboxylic acids is 1. The molecule has 0 aromatic carbocycles. The van der Waals surface area contributed by atoms with Gasteiger partial charge in [-0.1, -0.05) is 13.8 Å². The lowest BCUT2D eigenvalue weighted by Crippen LogP contribution is -2.45. The minimum atomic E-state index is -0.875. The Bertz CT molecular complexity index is 362. The molecule has 16 heavy (non-hydrogen) atoms. The molecule has 1 rings (SSSR count). The van der Waals surface area contributed by atoms with E-state index in [1.807, 2.05) is 10.9 Å². The molecule has 0 radical (unpaired) electrons. The summed E-state index contributed by atoms with van der Waals surface area (Å²) in [4.78, 5) is 11.6. The highest BCUT2D eigenvalue weighted by molar-refractivity contribution is 5.97. The zero-order valence-electron chi connectivity index (χ0n) is 10.3. The summed E-state index contributed by atoms with van der Waals surface area (Å²) in [7, 11) is 0. The molecule has 0 unspecified atom stereocenters. The molecular formula is C11H20N4O. The van der Waals surface area contributed by atoms with Crippen LogP contribution in [0.3, 0.4) is 0 Å². The third-order valence-electron chi connectivity index (χ3n) is 2.03. The number of carbonyl (C=O) groups is 1. The molecule has 0 atom stereocenters. The van der Waals surface area contributed by atoms with Crippen LogP contribution in [-0.4, -0.2) is 21.2 Å². The van der Waals surface area contributed by atoms with Crippen molar-refractivity contribution in [3.05, 3.63) is 12.4 Å². The molecule has 1 aromatic rings. The van der Waals surface area contributed by atoms with Gasteiger partial charge in [-0.25, -0.2) is 0 Å². The van der Waals surface area contributed by atoms with Gasteiger partial charge >= 0.3 is 0 Å². The van der Waals surface area contributed by atoms with Crippen molar-refractivity contribution in [3.8, 4) is 0 Å². The van der Waals surface area contributed by atoms with E-state index in [0.717, 1.165) is 6.54 Å². The van der Waals surface area contributed by atoms with Crippen molar-refractivity contribution in [1.82, 2.24) is 9.78 Å². The molecule has 0 aliphatic rings. The first-order chi connectivity index (χ1) is 7.29. The van der Waals surface area contributed by atoms with Gasteiger partial charge in [-0.2, -0.15) is 5.10 Å². The first kappa shape index (κ1) is 12.7. The van der Waals surface area contributed by atoms with Crippen molar-refractivity contribution in [2.24, 2.45) is 11.7 Å². The number of amides is 1. The average molecular weight is 224 g/mol. The van der Waals surface area contributed by atoms with Crippen molar-refractivity contribution < 1.29 is 4.79 Å². The van der Waals surface area contributed by atoms with E-state index in [4.69, 9.17) is 5.73 Å². The molecule has 0 fully saturated rings. The van der Waals surface area contributed by atoms with Gasteiger partial charge < -0.3 is 11.1 Å². The third-order valence-corrected chi connectivity index (χ3v) is 2.03. The normalized spacial score (nSPS) is 11.9. The molecule has 0 spiro atoms.